The van der Waals surface area contributed by atoms with E-state index in [1.54, 1.807) is 24.3 Å². The fourth-order valence-corrected chi connectivity index (χ4v) is 9.08. The van der Waals surface area contributed by atoms with Crippen LogP contribution >= 0.6 is 0 Å². The molecule has 0 aromatic heterocycles. The molecule has 0 amide bonds. The maximum absolute atomic E-state index is 13.4. The second-order valence-corrected chi connectivity index (χ2v) is 16.0. The molecule has 0 radical (unpaired) electrons. The summed E-state index contributed by atoms with van der Waals surface area (Å²) in [6.45, 7) is 5.44. The zero-order valence-corrected chi connectivity index (χ0v) is 28.1. The molecule has 3 N–H and O–H groups in total. The van der Waals surface area contributed by atoms with Gasteiger partial charge in [0.25, 0.3) is 0 Å². The van der Waals surface area contributed by atoms with Gasteiger partial charge in [-0.05, 0) is 67.5 Å². The Morgan fingerprint density at radius 1 is 0.957 bits per heavy atom. The number of piperidine rings is 2. The minimum absolute atomic E-state index is 0.0632. The number of rotatable bonds is 12. The van der Waals surface area contributed by atoms with Crippen molar-refractivity contribution in [3.05, 3.63) is 66.7 Å². The smallest absolute Gasteiger partial charge is 0.243 e. The summed E-state index contributed by atoms with van der Waals surface area (Å²) in [5.41, 5.74) is -0.749. The molecule has 3 aliphatic rings. The van der Waals surface area contributed by atoms with Crippen LogP contribution in [0.5, 0.6) is 5.75 Å². The predicted molar refractivity (Wildman–Crippen MR) is 179 cm³/mol. The Labute approximate surface area is 277 Å². The molecule has 13 heteroatoms. The quantitative estimate of drug-likeness (QED) is 0.246. The van der Waals surface area contributed by atoms with Crippen LogP contribution in [-0.4, -0.2) is 101 Å². The number of hydrogen-bond acceptors (Lipinski definition) is 9. The molecule has 3 aromatic rings. The van der Waals surface area contributed by atoms with Crippen LogP contribution in [0.4, 0.5) is 0 Å². The van der Waals surface area contributed by atoms with E-state index in [0.29, 0.717) is 18.6 Å². The average molecular weight is 683 g/mol. The predicted octanol–water partition coefficient (Wildman–Crippen LogP) is 2.51. The van der Waals surface area contributed by atoms with Gasteiger partial charge in [0.15, 0.2) is 6.23 Å². The van der Waals surface area contributed by atoms with Gasteiger partial charge in [0.05, 0.1) is 9.79 Å². The van der Waals surface area contributed by atoms with E-state index in [2.05, 4.69) is 33.7 Å². The van der Waals surface area contributed by atoms with E-state index in [4.69, 9.17) is 9.47 Å². The molecule has 2 fully saturated rings. The number of likely N-dealkylation sites (tertiary alicyclic amines) is 1. The van der Waals surface area contributed by atoms with E-state index in [9.17, 15) is 21.9 Å². The third-order valence-electron chi connectivity index (χ3n) is 9.12. The Hall–Kier alpha value is -3.06. The van der Waals surface area contributed by atoms with Crippen molar-refractivity contribution in [2.24, 2.45) is 0 Å². The molecule has 1 spiro atoms. The summed E-state index contributed by atoms with van der Waals surface area (Å²) in [5.74, 6) is 6.54. The maximum Gasteiger partial charge on any atom is 0.243 e. The van der Waals surface area contributed by atoms with Gasteiger partial charge in [0, 0.05) is 44.6 Å². The van der Waals surface area contributed by atoms with Crippen molar-refractivity contribution in [1.82, 2.24) is 19.2 Å². The molecular formula is C34H42N4O7S2. The van der Waals surface area contributed by atoms with Crippen LogP contribution in [-0.2, 0) is 24.8 Å². The molecule has 6 rings (SSSR count). The lowest BCUT2D eigenvalue weighted by Crippen LogP contribution is -2.48. The maximum atomic E-state index is 13.4. The SMILES string of the molecule is CCN1CCC(NS(=O)(=O)c2cccc(OC[C@@H](O)CNC3C#CC4(CCN(S(=O)(=O)c5ccc6ccccc6c5)CC4)O3)c2)CC1. The van der Waals surface area contributed by atoms with E-state index in [1.807, 2.05) is 30.3 Å². The summed E-state index contributed by atoms with van der Waals surface area (Å²) in [7, 11) is -7.36. The van der Waals surface area contributed by atoms with Crippen molar-refractivity contribution in [2.75, 3.05) is 45.9 Å². The van der Waals surface area contributed by atoms with Gasteiger partial charge in [0.2, 0.25) is 20.0 Å². The third kappa shape index (κ3) is 7.98. The van der Waals surface area contributed by atoms with Gasteiger partial charge < -0.3 is 19.5 Å². The van der Waals surface area contributed by atoms with Crippen molar-refractivity contribution in [3.63, 3.8) is 0 Å². The van der Waals surface area contributed by atoms with Crippen molar-refractivity contribution in [2.45, 2.75) is 66.4 Å². The standard InChI is InChI=1S/C34H42N4O7S2/c1-2-37-18-13-28(14-19-37)36-46(40,41)31-9-5-8-30(23-31)44-25-29(39)24-35-33-12-15-34(45-33)16-20-38(21-17-34)47(42,43)32-11-10-26-6-3-4-7-27(26)22-32/h3-11,22-23,28-29,33,35-36,39H,2,13-14,16-21,24-25H2,1H3/t29-,33?/m0/s1. The number of aliphatic hydroxyl groups is 1. The van der Waals surface area contributed by atoms with Crippen molar-refractivity contribution >= 4 is 30.8 Å². The fraction of sp³-hybridized carbons (Fsp3) is 0.471. The highest BCUT2D eigenvalue weighted by molar-refractivity contribution is 7.89. The number of nitrogens with zero attached hydrogens (tertiary/aromatic N) is 2. The van der Waals surface area contributed by atoms with Gasteiger partial charge in [-0.15, -0.1) is 0 Å². The molecular weight excluding hydrogens is 641 g/mol. The minimum atomic E-state index is -3.71. The average Bonchev–Trinajstić information content (AvgIpc) is 3.48. The molecule has 0 aliphatic carbocycles. The highest BCUT2D eigenvalue weighted by atomic mass is 32.2. The summed E-state index contributed by atoms with van der Waals surface area (Å²) < 4.78 is 68.9. The highest BCUT2D eigenvalue weighted by Crippen LogP contribution is 2.33. The summed E-state index contributed by atoms with van der Waals surface area (Å²) in [5, 5.41) is 15.5. The number of nitrogens with one attached hydrogen (secondary N) is 2. The molecule has 0 saturated carbocycles. The third-order valence-corrected chi connectivity index (χ3v) is 12.5. The largest absolute Gasteiger partial charge is 0.491 e. The first-order valence-electron chi connectivity index (χ1n) is 16.1. The van der Waals surface area contributed by atoms with Gasteiger partial charge in [-0.1, -0.05) is 55.2 Å². The first-order valence-corrected chi connectivity index (χ1v) is 19.1. The molecule has 3 heterocycles. The van der Waals surface area contributed by atoms with Crippen molar-refractivity contribution < 1.29 is 31.4 Å². The van der Waals surface area contributed by atoms with Gasteiger partial charge in [-0.2, -0.15) is 4.31 Å². The van der Waals surface area contributed by atoms with Crippen LogP contribution in [0.1, 0.15) is 32.6 Å². The number of benzene rings is 3. The molecule has 252 valence electrons. The second-order valence-electron chi connectivity index (χ2n) is 12.4. The number of aliphatic hydroxyl groups excluding tert-OH is 1. The molecule has 0 bridgehead atoms. The number of ether oxygens (including phenoxy) is 2. The van der Waals surface area contributed by atoms with Gasteiger partial charge in [0.1, 0.15) is 24.1 Å². The summed E-state index contributed by atoms with van der Waals surface area (Å²) >= 11 is 0. The first-order chi connectivity index (χ1) is 22.5. The van der Waals surface area contributed by atoms with Gasteiger partial charge in [-0.3, -0.25) is 5.32 Å². The van der Waals surface area contributed by atoms with Crippen LogP contribution < -0.4 is 14.8 Å². The second kappa shape index (κ2) is 14.2. The van der Waals surface area contributed by atoms with Crippen LogP contribution in [0.15, 0.2) is 76.5 Å². The van der Waals surface area contributed by atoms with E-state index < -0.39 is 38.0 Å². The van der Waals surface area contributed by atoms with Crippen molar-refractivity contribution in [1.29, 1.82) is 0 Å². The van der Waals surface area contributed by atoms with Crippen molar-refractivity contribution in [3.8, 4) is 17.6 Å². The summed E-state index contributed by atoms with van der Waals surface area (Å²) in [4.78, 5) is 2.70. The zero-order chi connectivity index (χ0) is 33.1. The Balaban J connectivity index is 0.945. The zero-order valence-electron chi connectivity index (χ0n) is 26.5. The lowest BCUT2D eigenvalue weighted by Gasteiger charge is -2.36. The first kappa shape index (κ1) is 33.8. The molecule has 3 aromatic carbocycles. The van der Waals surface area contributed by atoms with E-state index in [-0.39, 0.29) is 42.1 Å². The van der Waals surface area contributed by atoms with Crippen LogP contribution in [0.2, 0.25) is 0 Å². The molecule has 2 saturated heterocycles. The Bertz CT molecular complexity index is 1840. The molecule has 11 nitrogen and oxygen atoms in total. The van der Waals surface area contributed by atoms with Crippen LogP contribution in [0.25, 0.3) is 10.8 Å². The molecule has 2 atom stereocenters. The van der Waals surface area contributed by atoms with Gasteiger partial charge in [-0.25, -0.2) is 21.6 Å². The Morgan fingerprint density at radius 2 is 1.70 bits per heavy atom. The molecule has 47 heavy (non-hydrogen) atoms. The Morgan fingerprint density at radius 3 is 2.45 bits per heavy atom. The molecule has 1 unspecified atom stereocenters. The van der Waals surface area contributed by atoms with E-state index >= 15 is 0 Å². The summed E-state index contributed by atoms with van der Waals surface area (Å²) in [6, 6.07) is 19.0. The monoisotopic (exact) mass is 682 g/mol. The topological polar surface area (TPSA) is 138 Å². The van der Waals surface area contributed by atoms with Crippen LogP contribution in [0.3, 0.4) is 0 Å². The Kier molecular flexibility index (Phi) is 10.2. The lowest BCUT2D eigenvalue weighted by atomic mass is 9.94. The number of sulfonamides is 2. The lowest BCUT2D eigenvalue weighted by molar-refractivity contribution is -0.0612. The highest BCUT2D eigenvalue weighted by Gasteiger charge is 2.42. The fourth-order valence-electron chi connectivity index (χ4n) is 6.26. The normalized spacial score (nSPS) is 21.4. The number of fused-ring (bicyclic) bond motifs is 1. The minimum Gasteiger partial charge on any atom is -0.491 e. The van der Waals surface area contributed by atoms with Crippen LogP contribution in [0, 0.1) is 11.8 Å². The van der Waals surface area contributed by atoms with E-state index in [0.717, 1.165) is 43.2 Å². The molecule has 3 aliphatic heterocycles. The van der Waals surface area contributed by atoms with Gasteiger partial charge >= 0.3 is 0 Å². The summed E-state index contributed by atoms with van der Waals surface area (Å²) in [6.07, 6.45) is 0.881. The number of hydrogen-bond donors (Lipinski definition) is 3. The van der Waals surface area contributed by atoms with E-state index in [1.165, 1.54) is 16.4 Å².